The summed E-state index contributed by atoms with van der Waals surface area (Å²) in [7, 11) is 0. The van der Waals surface area contributed by atoms with Crippen molar-refractivity contribution in [2.24, 2.45) is 10.7 Å². The Balaban J connectivity index is 1.48. The molecule has 1 fully saturated rings. The molecule has 1 saturated heterocycles. The molecule has 0 aliphatic carbocycles. The maximum absolute atomic E-state index is 6.39. The highest BCUT2D eigenvalue weighted by Crippen LogP contribution is 2.22. The molecule has 6 nitrogen and oxygen atoms in total. The zero-order valence-corrected chi connectivity index (χ0v) is 14.4. The number of halogens is 1. The van der Waals surface area contributed by atoms with Gasteiger partial charge in [-0.2, -0.15) is 0 Å². The standard InChI is InChI=1S/C17H24ClN5O/c18-15-4-1-3-14(13-15)17(19)21-7-5-16(22-17)20-6-2-8-23-9-11-24-12-10-23/h1,3-5,7,13,20,22H,2,6,8-12,19H2. The lowest BCUT2D eigenvalue weighted by Gasteiger charge is -2.32. The third-order valence-corrected chi connectivity index (χ3v) is 4.41. The second-order valence-electron chi connectivity index (χ2n) is 5.99. The highest BCUT2D eigenvalue weighted by Gasteiger charge is 2.28. The second-order valence-corrected chi connectivity index (χ2v) is 6.43. The molecule has 0 amide bonds. The van der Waals surface area contributed by atoms with E-state index < -0.39 is 5.79 Å². The highest BCUT2D eigenvalue weighted by molar-refractivity contribution is 6.30. The van der Waals surface area contributed by atoms with E-state index in [9.17, 15) is 0 Å². The molecule has 2 heterocycles. The van der Waals surface area contributed by atoms with Crippen molar-refractivity contribution < 1.29 is 4.74 Å². The van der Waals surface area contributed by atoms with Crippen molar-refractivity contribution >= 4 is 17.8 Å². The van der Waals surface area contributed by atoms with Crippen LogP contribution >= 0.6 is 11.6 Å². The number of rotatable bonds is 6. The Morgan fingerprint density at radius 1 is 1.38 bits per heavy atom. The van der Waals surface area contributed by atoms with Gasteiger partial charge in [-0.15, -0.1) is 0 Å². The van der Waals surface area contributed by atoms with Crippen LogP contribution in [-0.2, 0) is 10.5 Å². The zero-order chi connectivity index (χ0) is 16.8. The van der Waals surface area contributed by atoms with Crippen molar-refractivity contribution in [3.63, 3.8) is 0 Å². The molecular weight excluding hydrogens is 326 g/mol. The zero-order valence-electron chi connectivity index (χ0n) is 13.7. The van der Waals surface area contributed by atoms with Crippen LogP contribution in [0.2, 0.25) is 5.02 Å². The fourth-order valence-electron chi connectivity index (χ4n) is 2.83. The van der Waals surface area contributed by atoms with Crippen molar-refractivity contribution in [2.45, 2.75) is 12.2 Å². The lowest BCUT2D eigenvalue weighted by molar-refractivity contribution is 0.0375. The van der Waals surface area contributed by atoms with Crippen LogP contribution in [0.25, 0.3) is 0 Å². The minimum atomic E-state index is -0.994. The first-order valence-corrected chi connectivity index (χ1v) is 8.66. The predicted octanol–water partition coefficient (Wildman–Crippen LogP) is 1.24. The highest BCUT2D eigenvalue weighted by atomic mass is 35.5. The first-order chi connectivity index (χ1) is 11.7. The van der Waals surface area contributed by atoms with Gasteiger partial charge in [0.2, 0.25) is 5.79 Å². The lowest BCUT2D eigenvalue weighted by atomic mass is 10.1. The van der Waals surface area contributed by atoms with E-state index in [4.69, 9.17) is 22.1 Å². The van der Waals surface area contributed by atoms with E-state index >= 15 is 0 Å². The third-order valence-electron chi connectivity index (χ3n) is 4.18. The monoisotopic (exact) mass is 349 g/mol. The summed E-state index contributed by atoms with van der Waals surface area (Å²) in [6, 6.07) is 7.43. The van der Waals surface area contributed by atoms with Gasteiger partial charge in [-0.1, -0.05) is 23.7 Å². The molecule has 0 spiro atoms. The predicted molar refractivity (Wildman–Crippen MR) is 96.9 cm³/mol. The summed E-state index contributed by atoms with van der Waals surface area (Å²) in [6.07, 6.45) is 4.68. The molecule has 24 heavy (non-hydrogen) atoms. The van der Waals surface area contributed by atoms with Crippen LogP contribution in [0.5, 0.6) is 0 Å². The van der Waals surface area contributed by atoms with Gasteiger partial charge in [-0.05, 0) is 31.2 Å². The summed E-state index contributed by atoms with van der Waals surface area (Å²) in [5.41, 5.74) is 7.22. The molecule has 0 radical (unpaired) electrons. The van der Waals surface area contributed by atoms with Gasteiger partial charge in [-0.25, -0.2) is 4.99 Å². The number of allylic oxidation sites excluding steroid dienone is 1. The van der Waals surface area contributed by atoms with E-state index in [1.807, 2.05) is 30.3 Å². The number of ether oxygens (including phenoxy) is 1. The number of nitrogens with zero attached hydrogens (tertiary/aromatic N) is 2. The molecular formula is C17H24ClN5O. The van der Waals surface area contributed by atoms with Gasteiger partial charge in [0.25, 0.3) is 0 Å². The smallest absolute Gasteiger partial charge is 0.210 e. The molecule has 1 atom stereocenters. The lowest BCUT2D eigenvalue weighted by Crippen LogP contribution is -2.52. The van der Waals surface area contributed by atoms with Crippen LogP contribution in [0.3, 0.4) is 0 Å². The number of aliphatic imine (C=N–C) groups is 1. The van der Waals surface area contributed by atoms with Crippen molar-refractivity contribution in [1.29, 1.82) is 0 Å². The molecule has 3 rings (SSSR count). The number of nitrogens with two attached hydrogens (primary N) is 1. The van der Waals surface area contributed by atoms with Crippen molar-refractivity contribution in [3.8, 4) is 0 Å². The van der Waals surface area contributed by atoms with Gasteiger partial charge >= 0.3 is 0 Å². The van der Waals surface area contributed by atoms with Crippen molar-refractivity contribution in [1.82, 2.24) is 15.5 Å². The summed E-state index contributed by atoms with van der Waals surface area (Å²) in [4.78, 5) is 6.79. The number of hydrogen-bond acceptors (Lipinski definition) is 6. The Hall–Kier alpha value is -1.60. The number of morpholine rings is 1. The molecule has 0 bridgehead atoms. The first kappa shape index (κ1) is 17.2. The van der Waals surface area contributed by atoms with Gasteiger partial charge < -0.3 is 15.4 Å². The van der Waals surface area contributed by atoms with Crippen molar-refractivity contribution in [2.75, 3.05) is 39.4 Å². The van der Waals surface area contributed by atoms with E-state index in [0.29, 0.717) is 5.02 Å². The van der Waals surface area contributed by atoms with E-state index in [0.717, 1.165) is 57.2 Å². The summed E-state index contributed by atoms with van der Waals surface area (Å²) in [5.74, 6) is -0.124. The van der Waals surface area contributed by atoms with Gasteiger partial charge in [0.05, 0.1) is 13.2 Å². The number of benzene rings is 1. The van der Waals surface area contributed by atoms with Crippen LogP contribution in [0, 0.1) is 0 Å². The van der Waals surface area contributed by atoms with Crippen LogP contribution in [0.4, 0.5) is 0 Å². The van der Waals surface area contributed by atoms with Crippen LogP contribution < -0.4 is 16.4 Å². The molecule has 130 valence electrons. The Morgan fingerprint density at radius 3 is 3.00 bits per heavy atom. The summed E-state index contributed by atoms with van der Waals surface area (Å²) < 4.78 is 5.36. The van der Waals surface area contributed by atoms with Crippen LogP contribution in [0.15, 0.2) is 41.2 Å². The average Bonchev–Trinajstić information content (AvgIpc) is 2.60. The Bertz CT molecular complexity index is 615. The molecule has 1 aromatic rings. The third kappa shape index (κ3) is 4.48. The first-order valence-electron chi connectivity index (χ1n) is 8.28. The molecule has 7 heteroatoms. The number of hydrogen-bond donors (Lipinski definition) is 3. The SMILES string of the molecule is NC1(c2cccc(Cl)c2)N=CC=C(NCCCN2CCOCC2)N1. The minimum absolute atomic E-state index is 0.642. The summed E-state index contributed by atoms with van der Waals surface area (Å²) in [5, 5.41) is 7.28. The van der Waals surface area contributed by atoms with Gasteiger partial charge in [0, 0.05) is 36.4 Å². The topological polar surface area (TPSA) is 74.9 Å². The van der Waals surface area contributed by atoms with E-state index in [1.54, 1.807) is 6.21 Å². The number of nitrogens with one attached hydrogen (secondary N) is 2. The second kappa shape index (κ2) is 7.98. The largest absolute Gasteiger partial charge is 0.379 e. The van der Waals surface area contributed by atoms with Crippen LogP contribution in [-0.4, -0.2) is 50.5 Å². The Kier molecular flexibility index (Phi) is 5.73. The van der Waals surface area contributed by atoms with E-state index in [-0.39, 0.29) is 0 Å². The molecule has 1 unspecified atom stereocenters. The molecule has 1 aromatic carbocycles. The van der Waals surface area contributed by atoms with E-state index in [1.165, 1.54) is 0 Å². The molecule has 4 N–H and O–H groups in total. The maximum Gasteiger partial charge on any atom is 0.210 e. The van der Waals surface area contributed by atoms with Gasteiger partial charge in [0.1, 0.15) is 5.82 Å². The minimum Gasteiger partial charge on any atom is -0.379 e. The normalized spacial score (nSPS) is 24.3. The van der Waals surface area contributed by atoms with Gasteiger partial charge in [-0.3, -0.25) is 10.6 Å². The molecule has 0 saturated carbocycles. The van der Waals surface area contributed by atoms with Crippen molar-refractivity contribution in [3.05, 3.63) is 46.7 Å². The quantitative estimate of drug-likeness (QED) is 0.674. The summed E-state index contributed by atoms with van der Waals surface area (Å²) >= 11 is 6.06. The molecule has 2 aliphatic heterocycles. The Labute approximate surface area is 147 Å². The average molecular weight is 350 g/mol. The fraction of sp³-hybridized carbons (Fsp3) is 0.471. The maximum atomic E-state index is 6.39. The van der Waals surface area contributed by atoms with Gasteiger partial charge in [0.15, 0.2) is 0 Å². The fourth-order valence-corrected chi connectivity index (χ4v) is 3.02. The molecule has 2 aliphatic rings. The summed E-state index contributed by atoms with van der Waals surface area (Å²) in [6.45, 7) is 5.66. The van der Waals surface area contributed by atoms with Crippen LogP contribution in [0.1, 0.15) is 12.0 Å². The van der Waals surface area contributed by atoms with E-state index in [2.05, 4.69) is 20.5 Å². The molecule has 0 aromatic heterocycles. The Morgan fingerprint density at radius 2 is 2.21 bits per heavy atom.